The van der Waals surface area contributed by atoms with Gasteiger partial charge in [-0.15, -0.1) is 0 Å². The molecule has 0 spiro atoms. The second-order valence-electron chi connectivity index (χ2n) is 5.33. The molecule has 1 aromatic carbocycles. The molecule has 0 unspecified atom stereocenters. The Morgan fingerprint density at radius 1 is 1.16 bits per heavy atom. The molecule has 104 valence electrons. The van der Waals surface area contributed by atoms with Gasteiger partial charge in [-0.3, -0.25) is 0 Å². The Balaban J connectivity index is 1.95. The van der Waals surface area contributed by atoms with Crippen LogP contribution in [0.2, 0.25) is 0 Å². The van der Waals surface area contributed by atoms with Crippen LogP contribution in [-0.4, -0.2) is 10.7 Å². The summed E-state index contributed by atoms with van der Waals surface area (Å²) in [5, 5.41) is 6.63. The molecule has 1 aliphatic rings. The van der Waals surface area contributed by atoms with Gasteiger partial charge in [0.25, 0.3) is 0 Å². The highest BCUT2D eigenvalue weighted by Crippen LogP contribution is 2.27. The van der Waals surface area contributed by atoms with E-state index in [1.54, 1.807) is 0 Å². The van der Waals surface area contributed by atoms with Gasteiger partial charge < -0.3 is 10.6 Å². The van der Waals surface area contributed by atoms with Gasteiger partial charge in [-0.1, -0.05) is 19.3 Å². The molecule has 0 amide bonds. The Morgan fingerprint density at radius 2 is 1.84 bits per heavy atom. The Kier molecular flexibility index (Phi) is 4.34. The zero-order valence-corrected chi connectivity index (χ0v) is 11.7. The molecule has 0 saturated heterocycles. The maximum absolute atomic E-state index is 13.1. The van der Waals surface area contributed by atoms with Crippen molar-refractivity contribution >= 4 is 23.0 Å². The van der Waals surface area contributed by atoms with Crippen molar-refractivity contribution in [1.29, 1.82) is 0 Å². The van der Waals surface area contributed by atoms with Gasteiger partial charge in [-0.2, -0.15) is 0 Å². The Labute approximate surface area is 117 Å². The summed E-state index contributed by atoms with van der Waals surface area (Å²) >= 11 is 5.23. The van der Waals surface area contributed by atoms with Crippen LogP contribution in [-0.2, 0) is 0 Å². The van der Waals surface area contributed by atoms with Crippen molar-refractivity contribution < 1.29 is 8.78 Å². The van der Waals surface area contributed by atoms with Gasteiger partial charge >= 0.3 is 0 Å². The molecule has 2 rings (SSSR count). The van der Waals surface area contributed by atoms with Crippen molar-refractivity contribution in [3.05, 3.63) is 29.8 Å². The van der Waals surface area contributed by atoms with Crippen molar-refractivity contribution in [2.45, 2.75) is 44.6 Å². The lowest BCUT2D eigenvalue weighted by Gasteiger charge is -2.35. The SMILES string of the molecule is CC1(NC(=S)Nc2ccc(F)c(F)c2)CCCCC1. The van der Waals surface area contributed by atoms with Crippen LogP contribution in [0.4, 0.5) is 14.5 Å². The number of thiocarbonyl (C=S) groups is 1. The number of halogens is 2. The molecule has 0 aliphatic heterocycles. The molecular weight excluding hydrogens is 266 g/mol. The monoisotopic (exact) mass is 284 g/mol. The molecule has 0 heterocycles. The summed E-state index contributed by atoms with van der Waals surface area (Å²) in [6.45, 7) is 2.14. The average Bonchev–Trinajstić information content (AvgIpc) is 2.34. The van der Waals surface area contributed by atoms with Gasteiger partial charge in [0.2, 0.25) is 0 Å². The van der Waals surface area contributed by atoms with Crippen molar-refractivity contribution in [3.8, 4) is 0 Å². The van der Waals surface area contributed by atoms with Gasteiger partial charge in [0, 0.05) is 17.3 Å². The summed E-state index contributed by atoms with van der Waals surface area (Å²) < 4.78 is 25.9. The van der Waals surface area contributed by atoms with E-state index in [4.69, 9.17) is 12.2 Å². The molecule has 1 aliphatic carbocycles. The van der Waals surface area contributed by atoms with E-state index in [0.717, 1.165) is 25.0 Å². The van der Waals surface area contributed by atoms with E-state index in [0.29, 0.717) is 10.8 Å². The van der Waals surface area contributed by atoms with E-state index in [2.05, 4.69) is 17.6 Å². The zero-order chi connectivity index (χ0) is 13.9. The van der Waals surface area contributed by atoms with E-state index in [9.17, 15) is 8.78 Å². The Bertz CT molecular complexity index is 471. The van der Waals surface area contributed by atoms with E-state index in [1.165, 1.54) is 25.3 Å². The van der Waals surface area contributed by atoms with Crippen LogP contribution in [0.25, 0.3) is 0 Å². The number of hydrogen-bond acceptors (Lipinski definition) is 1. The standard InChI is InChI=1S/C14H18F2N2S/c1-14(7-3-2-4-8-14)18-13(19)17-10-5-6-11(15)12(16)9-10/h5-6,9H,2-4,7-8H2,1H3,(H2,17,18,19). The van der Waals surface area contributed by atoms with Gasteiger partial charge in [-0.25, -0.2) is 8.78 Å². The normalized spacial score (nSPS) is 17.8. The largest absolute Gasteiger partial charge is 0.357 e. The van der Waals surface area contributed by atoms with E-state index < -0.39 is 11.6 Å². The molecule has 2 nitrogen and oxygen atoms in total. The maximum atomic E-state index is 13.1. The van der Waals surface area contributed by atoms with Crippen molar-refractivity contribution in [2.75, 3.05) is 5.32 Å². The van der Waals surface area contributed by atoms with Crippen LogP contribution in [0.1, 0.15) is 39.0 Å². The number of anilines is 1. The minimum atomic E-state index is -0.878. The molecule has 19 heavy (non-hydrogen) atoms. The van der Waals surface area contributed by atoms with Gasteiger partial charge in [-0.05, 0) is 44.1 Å². The van der Waals surface area contributed by atoms with Gasteiger partial charge in [0.05, 0.1) is 0 Å². The fourth-order valence-corrected chi connectivity index (χ4v) is 2.83. The second-order valence-corrected chi connectivity index (χ2v) is 5.74. The van der Waals surface area contributed by atoms with E-state index in [1.807, 2.05) is 0 Å². The summed E-state index contributed by atoms with van der Waals surface area (Å²) in [5.41, 5.74) is 0.455. The fraction of sp³-hybridized carbons (Fsp3) is 0.500. The zero-order valence-electron chi connectivity index (χ0n) is 10.9. The van der Waals surface area contributed by atoms with Crippen molar-refractivity contribution in [3.63, 3.8) is 0 Å². The summed E-state index contributed by atoms with van der Waals surface area (Å²) in [6, 6.07) is 3.66. The van der Waals surface area contributed by atoms with Crippen molar-refractivity contribution in [2.24, 2.45) is 0 Å². The third-order valence-electron chi connectivity index (χ3n) is 3.55. The second kappa shape index (κ2) is 5.82. The smallest absolute Gasteiger partial charge is 0.171 e. The Hall–Kier alpha value is -1.23. The van der Waals surface area contributed by atoms with Crippen LogP contribution >= 0.6 is 12.2 Å². The first-order chi connectivity index (χ1) is 8.98. The molecule has 5 heteroatoms. The van der Waals surface area contributed by atoms with E-state index in [-0.39, 0.29) is 5.54 Å². The third kappa shape index (κ3) is 3.86. The summed E-state index contributed by atoms with van der Waals surface area (Å²) in [6.07, 6.45) is 5.80. The molecule has 1 aromatic rings. The lowest BCUT2D eigenvalue weighted by Crippen LogP contribution is -2.48. The summed E-state index contributed by atoms with van der Waals surface area (Å²) in [5.74, 6) is -1.74. The minimum Gasteiger partial charge on any atom is -0.357 e. The summed E-state index contributed by atoms with van der Waals surface area (Å²) in [7, 11) is 0. The minimum absolute atomic E-state index is 0.000901. The molecule has 0 radical (unpaired) electrons. The molecule has 0 bridgehead atoms. The predicted octanol–water partition coefficient (Wildman–Crippen LogP) is 3.97. The number of nitrogens with one attached hydrogen (secondary N) is 2. The first-order valence-electron chi connectivity index (χ1n) is 6.53. The highest BCUT2D eigenvalue weighted by atomic mass is 32.1. The van der Waals surface area contributed by atoms with Crippen LogP contribution in [0.3, 0.4) is 0 Å². The topological polar surface area (TPSA) is 24.1 Å². The lowest BCUT2D eigenvalue weighted by molar-refractivity contribution is 0.292. The summed E-state index contributed by atoms with van der Waals surface area (Å²) in [4.78, 5) is 0. The van der Waals surface area contributed by atoms with Gasteiger partial charge in [0.15, 0.2) is 16.7 Å². The van der Waals surface area contributed by atoms with Crippen LogP contribution < -0.4 is 10.6 Å². The average molecular weight is 284 g/mol. The molecule has 1 saturated carbocycles. The van der Waals surface area contributed by atoms with Crippen LogP contribution in [0.15, 0.2) is 18.2 Å². The molecule has 0 atom stereocenters. The van der Waals surface area contributed by atoms with Crippen LogP contribution in [0, 0.1) is 11.6 Å². The molecule has 1 fully saturated rings. The molecule has 0 aromatic heterocycles. The lowest BCUT2D eigenvalue weighted by atomic mass is 9.83. The maximum Gasteiger partial charge on any atom is 0.171 e. The Morgan fingerprint density at radius 3 is 2.47 bits per heavy atom. The van der Waals surface area contributed by atoms with E-state index >= 15 is 0 Å². The third-order valence-corrected chi connectivity index (χ3v) is 3.75. The highest BCUT2D eigenvalue weighted by molar-refractivity contribution is 7.80. The fourth-order valence-electron chi connectivity index (χ4n) is 2.47. The first-order valence-corrected chi connectivity index (χ1v) is 6.94. The number of rotatable bonds is 2. The quantitative estimate of drug-likeness (QED) is 0.803. The molecular formula is C14H18F2N2S. The number of benzene rings is 1. The van der Waals surface area contributed by atoms with Crippen LogP contribution in [0.5, 0.6) is 0 Å². The van der Waals surface area contributed by atoms with Gasteiger partial charge in [0.1, 0.15) is 0 Å². The highest BCUT2D eigenvalue weighted by Gasteiger charge is 2.27. The number of hydrogen-bond donors (Lipinski definition) is 2. The predicted molar refractivity (Wildman–Crippen MR) is 77.2 cm³/mol. The first kappa shape index (κ1) is 14.2. The van der Waals surface area contributed by atoms with Crippen molar-refractivity contribution in [1.82, 2.24) is 5.32 Å². The molecule has 2 N–H and O–H groups in total.